The van der Waals surface area contributed by atoms with Gasteiger partial charge in [-0.1, -0.05) is 31.2 Å². The molecule has 1 aliphatic rings. The van der Waals surface area contributed by atoms with Gasteiger partial charge in [0, 0.05) is 6.54 Å². The second kappa shape index (κ2) is 6.50. The summed E-state index contributed by atoms with van der Waals surface area (Å²) in [6.45, 7) is 4.07. The standard InChI is InChI=1S/C14H22N2O2S/c1-2-12-3-5-13(6-4-12)11-16-19(17,18)14-7-9-15-10-8-14/h3-6,14-16H,2,7-11H2,1H3. The lowest BCUT2D eigenvalue weighted by molar-refractivity contribution is 0.489. The third kappa shape index (κ3) is 4.03. The Morgan fingerprint density at radius 2 is 1.74 bits per heavy atom. The Morgan fingerprint density at radius 1 is 1.16 bits per heavy atom. The summed E-state index contributed by atoms with van der Waals surface area (Å²) < 4.78 is 27.0. The SMILES string of the molecule is CCc1ccc(CNS(=O)(=O)C2CCNCC2)cc1. The van der Waals surface area contributed by atoms with E-state index in [1.54, 1.807) is 0 Å². The molecule has 1 saturated heterocycles. The number of benzene rings is 1. The van der Waals surface area contributed by atoms with Gasteiger partial charge < -0.3 is 5.32 Å². The quantitative estimate of drug-likeness (QED) is 0.859. The van der Waals surface area contributed by atoms with Crippen LogP contribution in [0.5, 0.6) is 0 Å². The van der Waals surface area contributed by atoms with Crippen molar-refractivity contribution in [1.29, 1.82) is 0 Å². The predicted octanol–water partition coefficient (Wildman–Crippen LogP) is 1.42. The summed E-state index contributed by atoms with van der Waals surface area (Å²) in [6, 6.07) is 8.08. The van der Waals surface area contributed by atoms with Crippen molar-refractivity contribution in [2.45, 2.75) is 38.0 Å². The van der Waals surface area contributed by atoms with Crippen molar-refractivity contribution in [2.75, 3.05) is 13.1 Å². The lowest BCUT2D eigenvalue weighted by Gasteiger charge is -2.22. The first-order valence-electron chi connectivity index (χ1n) is 6.89. The van der Waals surface area contributed by atoms with Crippen molar-refractivity contribution < 1.29 is 8.42 Å². The van der Waals surface area contributed by atoms with Gasteiger partial charge in [-0.15, -0.1) is 0 Å². The number of hydrogen-bond acceptors (Lipinski definition) is 3. The number of sulfonamides is 1. The molecule has 0 aliphatic carbocycles. The van der Waals surface area contributed by atoms with Crippen molar-refractivity contribution in [3.8, 4) is 0 Å². The summed E-state index contributed by atoms with van der Waals surface area (Å²) in [5, 5.41) is 2.93. The average Bonchev–Trinajstić information content (AvgIpc) is 2.47. The van der Waals surface area contributed by atoms with E-state index in [1.165, 1.54) is 5.56 Å². The van der Waals surface area contributed by atoms with Crippen molar-refractivity contribution in [2.24, 2.45) is 0 Å². The molecule has 2 N–H and O–H groups in total. The summed E-state index contributed by atoms with van der Waals surface area (Å²) in [6.07, 6.45) is 2.40. The molecule has 0 bridgehead atoms. The Balaban J connectivity index is 1.92. The molecule has 1 aliphatic heterocycles. The highest BCUT2D eigenvalue weighted by Gasteiger charge is 2.26. The Bertz CT molecular complexity index is 491. The van der Waals surface area contributed by atoms with E-state index in [0.29, 0.717) is 19.4 Å². The highest BCUT2D eigenvalue weighted by Crippen LogP contribution is 2.13. The zero-order valence-electron chi connectivity index (χ0n) is 11.4. The largest absolute Gasteiger partial charge is 0.317 e. The van der Waals surface area contributed by atoms with Crippen LogP contribution in [0.3, 0.4) is 0 Å². The van der Waals surface area contributed by atoms with E-state index in [2.05, 4.69) is 17.0 Å². The molecule has 5 heteroatoms. The average molecular weight is 282 g/mol. The fourth-order valence-corrected chi connectivity index (χ4v) is 3.76. The number of rotatable bonds is 5. The van der Waals surface area contributed by atoms with Crippen LogP contribution in [0, 0.1) is 0 Å². The normalized spacial score (nSPS) is 17.5. The molecule has 19 heavy (non-hydrogen) atoms. The Hall–Kier alpha value is -0.910. The third-order valence-corrected chi connectivity index (χ3v) is 5.53. The smallest absolute Gasteiger partial charge is 0.214 e. The van der Waals surface area contributed by atoms with Gasteiger partial charge >= 0.3 is 0 Å². The van der Waals surface area contributed by atoms with Gasteiger partial charge in [-0.2, -0.15) is 0 Å². The second-order valence-electron chi connectivity index (χ2n) is 4.99. The van der Waals surface area contributed by atoms with Gasteiger partial charge in [0.05, 0.1) is 5.25 Å². The van der Waals surface area contributed by atoms with Crippen molar-refractivity contribution >= 4 is 10.0 Å². The molecule has 0 saturated carbocycles. The second-order valence-corrected chi connectivity index (χ2v) is 7.03. The Kier molecular flexibility index (Phi) is 4.96. The molecule has 0 atom stereocenters. The first-order valence-corrected chi connectivity index (χ1v) is 8.43. The minimum atomic E-state index is -3.19. The van der Waals surface area contributed by atoms with Crippen LogP contribution in [0.2, 0.25) is 0 Å². The van der Waals surface area contributed by atoms with Crippen LogP contribution in [0.15, 0.2) is 24.3 Å². The highest BCUT2D eigenvalue weighted by atomic mass is 32.2. The minimum Gasteiger partial charge on any atom is -0.317 e. The number of nitrogens with one attached hydrogen (secondary N) is 2. The van der Waals surface area contributed by atoms with E-state index in [9.17, 15) is 8.42 Å². The molecular weight excluding hydrogens is 260 g/mol. The number of hydrogen-bond donors (Lipinski definition) is 2. The lowest BCUT2D eigenvalue weighted by atomic mass is 10.1. The Morgan fingerprint density at radius 3 is 2.32 bits per heavy atom. The summed E-state index contributed by atoms with van der Waals surface area (Å²) in [7, 11) is -3.19. The van der Waals surface area contributed by atoms with E-state index in [-0.39, 0.29) is 5.25 Å². The van der Waals surface area contributed by atoms with Gasteiger partial charge in [-0.05, 0) is 43.5 Å². The third-order valence-electron chi connectivity index (χ3n) is 3.63. The zero-order chi connectivity index (χ0) is 13.7. The van der Waals surface area contributed by atoms with Crippen molar-refractivity contribution in [1.82, 2.24) is 10.0 Å². The van der Waals surface area contributed by atoms with E-state index in [0.717, 1.165) is 25.1 Å². The van der Waals surface area contributed by atoms with E-state index >= 15 is 0 Å². The maximum atomic E-state index is 12.1. The van der Waals surface area contributed by atoms with Gasteiger partial charge in [-0.3, -0.25) is 0 Å². The summed E-state index contributed by atoms with van der Waals surface area (Å²) in [5.41, 5.74) is 2.28. The van der Waals surface area contributed by atoms with Gasteiger partial charge in [0.2, 0.25) is 10.0 Å². The van der Waals surface area contributed by atoms with Crippen LogP contribution in [0.4, 0.5) is 0 Å². The van der Waals surface area contributed by atoms with Gasteiger partial charge in [0.1, 0.15) is 0 Å². The van der Waals surface area contributed by atoms with Crippen molar-refractivity contribution in [3.63, 3.8) is 0 Å². The fraction of sp³-hybridized carbons (Fsp3) is 0.571. The molecule has 1 fully saturated rings. The fourth-order valence-electron chi connectivity index (χ4n) is 2.30. The van der Waals surface area contributed by atoms with Gasteiger partial charge in [0.25, 0.3) is 0 Å². The zero-order valence-corrected chi connectivity index (χ0v) is 12.2. The molecular formula is C14H22N2O2S. The van der Waals surface area contributed by atoms with Gasteiger partial charge in [0.15, 0.2) is 0 Å². The van der Waals surface area contributed by atoms with Crippen LogP contribution < -0.4 is 10.0 Å². The van der Waals surface area contributed by atoms with Crippen LogP contribution in [0.1, 0.15) is 30.9 Å². The molecule has 1 aromatic carbocycles. The molecule has 0 aromatic heterocycles. The number of piperidine rings is 1. The van der Waals surface area contributed by atoms with Crippen LogP contribution in [0.25, 0.3) is 0 Å². The first kappa shape index (κ1) is 14.5. The Labute approximate surface area is 115 Å². The molecule has 1 heterocycles. The summed E-state index contributed by atoms with van der Waals surface area (Å²) >= 11 is 0. The van der Waals surface area contributed by atoms with E-state index in [1.807, 2.05) is 24.3 Å². The molecule has 0 unspecified atom stereocenters. The molecule has 106 valence electrons. The maximum Gasteiger partial charge on any atom is 0.214 e. The molecule has 0 radical (unpaired) electrons. The van der Waals surface area contributed by atoms with Gasteiger partial charge in [-0.25, -0.2) is 13.1 Å². The summed E-state index contributed by atoms with van der Waals surface area (Å²) in [4.78, 5) is 0. The first-order chi connectivity index (χ1) is 9.12. The highest BCUT2D eigenvalue weighted by molar-refractivity contribution is 7.90. The number of aryl methyl sites for hydroxylation is 1. The van der Waals surface area contributed by atoms with Crippen LogP contribution in [-0.2, 0) is 23.0 Å². The summed E-state index contributed by atoms with van der Waals surface area (Å²) in [5.74, 6) is 0. The molecule has 1 aromatic rings. The predicted molar refractivity (Wildman–Crippen MR) is 77.5 cm³/mol. The molecule has 4 nitrogen and oxygen atoms in total. The molecule has 2 rings (SSSR count). The molecule has 0 amide bonds. The van der Waals surface area contributed by atoms with E-state index < -0.39 is 10.0 Å². The lowest BCUT2D eigenvalue weighted by Crippen LogP contribution is -2.41. The van der Waals surface area contributed by atoms with Crippen LogP contribution >= 0.6 is 0 Å². The molecule has 0 spiro atoms. The van der Waals surface area contributed by atoms with Crippen molar-refractivity contribution in [3.05, 3.63) is 35.4 Å². The monoisotopic (exact) mass is 282 g/mol. The van der Waals surface area contributed by atoms with E-state index in [4.69, 9.17) is 0 Å². The minimum absolute atomic E-state index is 0.247. The maximum absolute atomic E-state index is 12.1. The topological polar surface area (TPSA) is 58.2 Å². The van der Waals surface area contributed by atoms with Crippen LogP contribution in [-0.4, -0.2) is 26.8 Å².